The molecular formula is C21H24N4O5. The van der Waals surface area contributed by atoms with E-state index in [4.69, 9.17) is 4.74 Å². The molecule has 0 saturated carbocycles. The van der Waals surface area contributed by atoms with Crippen LogP contribution in [-0.4, -0.2) is 49.6 Å². The van der Waals surface area contributed by atoms with Crippen LogP contribution in [0.2, 0.25) is 0 Å². The van der Waals surface area contributed by atoms with Gasteiger partial charge in [0.2, 0.25) is 5.91 Å². The summed E-state index contributed by atoms with van der Waals surface area (Å²) in [7, 11) is 0. The number of rotatable bonds is 6. The van der Waals surface area contributed by atoms with Gasteiger partial charge >= 0.3 is 0 Å². The number of hydrogen-bond donors (Lipinski definition) is 2. The second-order valence-corrected chi connectivity index (χ2v) is 7.04. The number of nitrogens with zero attached hydrogens (tertiary/aromatic N) is 2. The minimum atomic E-state index is -0.553. The van der Waals surface area contributed by atoms with Gasteiger partial charge in [-0.15, -0.1) is 0 Å². The highest BCUT2D eigenvalue weighted by Crippen LogP contribution is 2.30. The number of carbonyl (C=O) groups is 2. The molecule has 158 valence electrons. The molecule has 9 nitrogen and oxygen atoms in total. The Hall–Kier alpha value is -3.46. The van der Waals surface area contributed by atoms with Crippen LogP contribution in [0.25, 0.3) is 0 Å². The highest BCUT2D eigenvalue weighted by Gasteiger charge is 2.23. The van der Waals surface area contributed by atoms with Crippen molar-refractivity contribution in [1.29, 1.82) is 0 Å². The summed E-state index contributed by atoms with van der Waals surface area (Å²) in [5, 5.41) is 16.8. The van der Waals surface area contributed by atoms with E-state index >= 15 is 0 Å². The quantitative estimate of drug-likeness (QED) is 0.556. The maximum Gasteiger partial charge on any atom is 0.293 e. The summed E-state index contributed by atoms with van der Waals surface area (Å²) in [6.45, 7) is 5.68. The van der Waals surface area contributed by atoms with Gasteiger partial charge in [0.05, 0.1) is 24.7 Å². The van der Waals surface area contributed by atoms with Gasteiger partial charge in [-0.1, -0.05) is 12.1 Å². The first-order valence-corrected chi connectivity index (χ1v) is 9.62. The molecule has 0 atom stereocenters. The van der Waals surface area contributed by atoms with Crippen LogP contribution in [0.15, 0.2) is 36.4 Å². The molecule has 1 aliphatic heterocycles. The Morgan fingerprint density at radius 3 is 2.60 bits per heavy atom. The first-order chi connectivity index (χ1) is 14.4. The topological polar surface area (TPSA) is 114 Å². The molecule has 1 fully saturated rings. The van der Waals surface area contributed by atoms with Gasteiger partial charge in [0, 0.05) is 30.4 Å². The molecule has 0 bridgehead atoms. The predicted molar refractivity (Wildman–Crippen MR) is 113 cm³/mol. The number of nitro benzene ring substituents is 1. The molecule has 1 aliphatic rings. The number of aryl methyl sites for hydroxylation is 1. The Morgan fingerprint density at radius 1 is 1.17 bits per heavy atom. The summed E-state index contributed by atoms with van der Waals surface area (Å²) in [6.07, 6.45) is 0. The molecule has 1 heterocycles. The van der Waals surface area contributed by atoms with E-state index in [-0.39, 0.29) is 23.7 Å². The zero-order valence-corrected chi connectivity index (χ0v) is 16.9. The van der Waals surface area contributed by atoms with Crippen molar-refractivity contribution in [3.05, 3.63) is 63.2 Å². The summed E-state index contributed by atoms with van der Waals surface area (Å²) in [5.41, 5.74) is 3.10. The second-order valence-electron chi connectivity index (χ2n) is 7.04. The number of hydrogen-bond acceptors (Lipinski definition) is 6. The fourth-order valence-corrected chi connectivity index (χ4v) is 3.23. The summed E-state index contributed by atoms with van der Waals surface area (Å²) >= 11 is 0. The van der Waals surface area contributed by atoms with Crippen LogP contribution in [-0.2, 0) is 9.53 Å². The fourth-order valence-electron chi connectivity index (χ4n) is 3.23. The summed E-state index contributed by atoms with van der Waals surface area (Å²) in [4.78, 5) is 37.5. The Morgan fingerprint density at radius 2 is 1.90 bits per heavy atom. The second kappa shape index (κ2) is 9.36. The normalized spacial score (nSPS) is 13.6. The molecular weight excluding hydrogens is 388 g/mol. The third kappa shape index (κ3) is 4.93. The molecule has 30 heavy (non-hydrogen) atoms. The molecule has 0 unspecified atom stereocenters. The van der Waals surface area contributed by atoms with Crippen LogP contribution in [0.4, 0.5) is 17.1 Å². The lowest BCUT2D eigenvalue weighted by Crippen LogP contribution is -2.36. The van der Waals surface area contributed by atoms with Crippen LogP contribution in [0.1, 0.15) is 21.5 Å². The van der Waals surface area contributed by atoms with Crippen molar-refractivity contribution in [2.75, 3.05) is 43.1 Å². The molecule has 0 spiro atoms. The third-order valence-corrected chi connectivity index (χ3v) is 5.07. The molecule has 3 rings (SSSR count). The van der Waals surface area contributed by atoms with E-state index in [0.29, 0.717) is 37.7 Å². The van der Waals surface area contributed by atoms with E-state index in [1.807, 2.05) is 30.9 Å². The lowest BCUT2D eigenvalue weighted by molar-refractivity contribution is -0.384. The van der Waals surface area contributed by atoms with Gasteiger partial charge < -0.3 is 20.3 Å². The Kier molecular flexibility index (Phi) is 6.63. The van der Waals surface area contributed by atoms with Crippen molar-refractivity contribution in [2.24, 2.45) is 0 Å². The molecule has 0 aromatic heterocycles. The van der Waals surface area contributed by atoms with E-state index in [0.717, 1.165) is 11.1 Å². The standard InChI is InChI=1S/C21H24N4O5/c1-14-4-3-5-17(15(14)2)23-20(26)13-22-21(27)16-6-7-18(19(12-16)25(28)29)24-8-10-30-11-9-24/h3-7,12H,8-11,13H2,1-2H3,(H,22,27)(H,23,26). The number of carbonyl (C=O) groups excluding carboxylic acids is 2. The van der Waals surface area contributed by atoms with Crippen molar-refractivity contribution in [3.63, 3.8) is 0 Å². The number of ether oxygens (including phenoxy) is 1. The van der Waals surface area contributed by atoms with Crippen LogP contribution >= 0.6 is 0 Å². The van der Waals surface area contributed by atoms with Crippen molar-refractivity contribution in [1.82, 2.24) is 5.32 Å². The van der Waals surface area contributed by atoms with Crippen LogP contribution in [0.3, 0.4) is 0 Å². The first-order valence-electron chi connectivity index (χ1n) is 9.62. The number of morpholine rings is 1. The SMILES string of the molecule is Cc1cccc(NC(=O)CNC(=O)c2ccc(N3CCOCC3)c([N+](=O)[O-])c2)c1C. The first kappa shape index (κ1) is 21.3. The van der Waals surface area contributed by atoms with E-state index in [2.05, 4.69) is 10.6 Å². The molecule has 2 N–H and O–H groups in total. The van der Waals surface area contributed by atoms with Gasteiger partial charge in [0.25, 0.3) is 11.6 Å². The van der Waals surface area contributed by atoms with Crippen LogP contribution in [0, 0.1) is 24.0 Å². The zero-order chi connectivity index (χ0) is 21.7. The maximum atomic E-state index is 12.4. The van der Waals surface area contributed by atoms with Crippen molar-refractivity contribution in [2.45, 2.75) is 13.8 Å². The lowest BCUT2D eigenvalue weighted by Gasteiger charge is -2.28. The number of nitrogens with one attached hydrogen (secondary N) is 2. The third-order valence-electron chi connectivity index (χ3n) is 5.07. The smallest absolute Gasteiger partial charge is 0.293 e. The summed E-state index contributed by atoms with van der Waals surface area (Å²) in [5.74, 6) is -0.931. The molecule has 9 heteroatoms. The highest BCUT2D eigenvalue weighted by molar-refractivity contribution is 6.00. The average molecular weight is 412 g/mol. The van der Waals surface area contributed by atoms with Gasteiger partial charge in [-0.25, -0.2) is 0 Å². The number of benzene rings is 2. The highest BCUT2D eigenvalue weighted by atomic mass is 16.6. The van der Waals surface area contributed by atoms with Crippen molar-refractivity contribution in [3.8, 4) is 0 Å². The van der Waals surface area contributed by atoms with Crippen LogP contribution < -0.4 is 15.5 Å². The largest absolute Gasteiger partial charge is 0.378 e. The molecule has 2 aromatic rings. The lowest BCUT2D eigenvalue weighted by atomic mass is 10.1. The van der Waals surface area contributed by atoms with Crippen molar-refractivity contribution < 1.29 is 19.2 Å². The number of amides is 2. The summed E-state index contributed by atoms with van der Waals surface area (Å²) in [6, 6.07) is 9.90. The van der Waals surface area contributed by atoms with E-state index < -0.39 is 10.8 Å². The van der Waals surface area contributed by atoms with Gasteiger partial charge in [-0.2, -0.15) is 0 Å². The minimum absolute atomic E-state index is 0.123. The zero-order valence-electron chi connectivity index (χ0n) is 16.9. The Labute approximate surface area is 174 Å². The van der Waals surface area contributed by atoms with E-state index in [1.54, 1.807) is 12.1 Å². The van der Waals surface area contributed by atoms with Gasteiger partial charge in [-0.05, 0) is 43.2 Å². The Balaban J connectivity index is 1.66. The van der Waals surface area contributed by atoms with E-state index in [1.165, 1.54) is 12.1 Å². The minimum Gasteiger partial charge on any atom is -0.378 e. The van der Waals surface area contributed by atoms with Gasteiger partial charge in [0.15, 0.2) is 0 Å². The summed E-state index contributed by atoms with van der Waals surface area (Å²) < 4.78 is 5.28. The monoisotopic (exact) mass is 412 g/mol. The van der Waals surface area contributed by atoms with Gasteiger partial charge in [0.1, 0.15) is 5.69 Å². The Bertz CT molecular complexity index is 970. The van der Waals surface area contributed by atoms with Crippen molar-refractivity contribution >= 4 is 28.9 Å². The molecule has 0 radical (unpaired) electrons. The predicted octanol–water partition coefficient (Wildman–Crippen LogP) is 2.42. The molecule has 1 saturated heterocycles. The number of nitro groups is 1. The molecule has 2 amide bonds. The van der Waals surface area contributed by atoms with Gasteiger partial charge in [-0.3, -0.25) is 19.7 Å². The molecule has 0 aliphatic carbocycles. The average Bonchev–Trinajstić information content (AvgIpc) is 2.75. The molecule has 2 aromatic carbocycles. The maximum absolute atomic E-state index is 12.4. The fraction of sp³-hybridized carbons (Fsp3) is 0.333. The number of anilines is 2. The van der Waals surface area contributed by atoms with E-state index in [9.17, 15) is 19.7 Å². The van der Waals surface area contributed by atoms with Crippen LogP contribution in [0.5, 0.6) is 0 Å².